The molecule has 2 N–H and O–H groups in total. The van der Waals surface area contributed by atoms with Crippen molar-refractivity contribution >= 4 is 29.8 Å². The van der Waals surface area contributed by atoms with Crippen LogP contribution < -0.4 is 10.6 Å². The summed E-state index contributed by atoms with van der Waals surface area (Å²) >= 11 is 0. The van der Waals surface area contributed by atoms with E-state index in [0.717, 1.165) is 9.80 Å². The normalized spacial score (nSPS) is 22.7. The highest BCUT2D eigenvalue weighted by molar-refractivity contribution is 6.09. The second-order valence-electron chi connectivity index (χ2n) is 6.67. The van der Waals surface area contributed by atoms with Gasteiger partial charge in [-0.3, -0.25) is 24.2 Å². The van der Waals surface area contributed by atoms with Crippen molar-refractivity contribution in [2.45, 2.75) is 25.5 Å². The molecule has 148 valence electrons. The van der Waals surface area contributed by atoms with E-state index in [9.17, 15) is 24.0 Å². The Morgan fingerprint density at radius 3 is 2.46 bits per heavy atom. The molecule has 0 radical (unpaired) electrons. The zero-order valence-corrected chi connectivity index (χ0v) is 15.4. The van der Waals surface area contributed by atoms with Crippen LogP contribution in [-0.2, 0) is 24.7 Å². The van der Waals surface area contributed by atoms with Crippen LogP contribution in [0.1, 0.15) is 19.4 Å². The molecule has 0 aromatic heterocycles. The van der Waals surface area contributed by atoms with Crippen LogP contribution in [0.2, 0.25) is 0 Å². The third-order valence-electron chi connectivity index (χ3n) is 4.69. The summed E-state index contributed by atoms with van der Waals surface area (Å²) < 4.78 is 5.02. The summed E-state index contributed by atoms with van der Waals surface area (Å²) in [4.78, 5) is 62.6. The minimum atomic E-state index is -1.30. The Hall–Kier alpha value is -3.43. The molecule has 2 saturated heterocycles. The first-order chi connectivity index (χ1) is 13.2. The molecule has 1 aromatic carbocycles. The average molecular weight is 388 g/mol. The smallest absolute Gasteiger partial charge is 0.327 e. The van der Waals surface area contributed by atoms with Gasteiger partial charge >= 0.3 is 18.0 Å². The minimum Gasteiger partial charge on any atom is -0.451 e. The Kier molecular flexibility index (Phi) is 5.04. The number of imide groups is 2. The van der Waals surface area contributed by atoms with Gasteiger partial charge in [-0.15, -0.1) is 0 Å². The quantitative estimate of drug-likeness (QED) is 0.538. The van der Waals surface area contributed by atoms with E-state index in [4.69, 9.17) is 4.74 Å². The van der Waals surface area contributed by atoms with Crippen LogP contribution in [0, 0.1) is 0 Å². The molecule has 28 heavy (non-hydrogen) atoms. The summed E-state index contributed by atoms with van der Waals surface area (Å²) in [6.45, 7) is 2.74. The molecule has 0 unspecified atom stereocenters. The van der Waals surface area contributed by atoms with Crippen molar-refractivity contribution in [2.75, 3.05) is 19.6 Å². The lowest BCUT2D eigenvalue weighted by Crippen LogP contribution is -2.44. The molecule has 2 aliphatic rings. The molecule has 1 aromatic rings. The SMILES string of the molecule is C[C@H](OC(=O)CN1C(=O)N[C@@](C)(c2ccccc2)C1=O)C(=O)N1CCNC1=O. The van der Waals surface area contributed by atoms with Gasteiger partial charge < -0.3 is 15.4 Å². The van der Waals surface area contributed by atoms with Gasteiger partial charge in [-0.05, 0) is 19.4 Å². The number of esters is 1. The van der Waals surface area contributed by atoms with Crippen LogP contribution in [-0.4, -0.2) is 65.4 Å². The maximum absolute atomic E-state index is 12.8. The number of rotatable bonds is 5. The number of amides is 6. The van der Waals surface area contributed by atoms with Gasteiger partial charge in [0.2, 0.25) is 0 Å². The number of ether oxygens (including phenoxy) is 1. The van der Waals surface area contributed by atoms with Crippen LogP contribution in [0.15, 0.2) is 30.3 Å². The second-order valence-corrected chi connectivity index (χ2v) is 6.67. The number of nitrogens with one attached hydrogen (secondary N) is 2. The van der Waals surface area contributed by atoms with E-state index in [1.54, 1.807) is 37.3 Å². The molecule has 0 saturated carbocycles. The fourth-order valence-corrected chi connectivity index (χ4v) is 3.12. The first kappa shape index (κ1) is 19.3. The zero-order chi connectivity index (χ0) is 20.5. The van der Waals surface area contributed by atoms with Crippen LogP contribution >= 0.6 is 0 Å². The third kappa shape index (κ3) is 3.40. The maximum Gasteiger partial charge on any atom is 0.327 e. The Bertz CT molecular complexity index is 842. The molecule has 10 heteroatoms. The summed E-state index contributed by atoms with van der Waals surface area (Å²) in [5.41, 5.74) is -0.721. The van der Waals surface area contributed by atoms with Gasteiger partial charge in [-0.25, -0.2) is 9.59 Å². The Morgan fingerprint density at radius 2 is 1.86 bits per heavy atom. The van der Waals surface area contributed by atoms with Crippen molar-refractivity contribution in [1.82, 2.24) is 20.4 Å². The van der Waals surface area contributed by atoms with Crippen LogP contribution in [0.5, 0.6) is 0 Å². The minimum absolute atomic E-state index is 0.183. The van der Waals surface area contributed by atoms with Crippen molar-refractivity contribution in [1.29, 1.82) is 0 Å². The lowest BCUT2D eigenvalue weighted by atomic mass is 9.92. The van der Waals surface area contributed by atoms with E-state index in [2.05, 4.69) is 10.6 Å². The molecule has 0 spiro atoms. The topological polar surface area (TPSA) is 125 Å². The van der Waals surface area contributed by atoms with Crippen molar-refractivity contribution in [3.8, 4) is 0 Å². The predicted octanol–water partition coefficient (Wildman–Crippen LogP) is -0.0629. The Balaban J connectivity index is 1.64. The number of carbonyl (C=O) groups is 5. The largest absolute Gasteiger partial charge is 0.451 e. The first-order valence-electron chi connectivity index (χ1n) is 8.72. The molecule has 2 heterocycles. The molecule has 0 aliphatic carbocycles. The van der Waals surface area contributed by atoms with E-state index < -0.39 is 48.0 Å². The van der Waals surface area contributed by atoms with Crippen molar-refractivity contribution in [3.63, 3.8) is 0 Å². The molecule has 2 atom stereocenters. The lowest BCUT2D eigenvalue weighted by Gasteiger charge is -2.22. The van der Waals surface area contributed by atoms with E-state index in [-0.39, 0.29) is 6.54 Å². The number of benzene rings is 1. The van der Waals surface area contributed by atoms with Crippen LogP contribution in [0.4, 0.5) is 9.59 Å². The molecule has 3 rings (SSSR count). The highest BCUT2D eigenvalue weighted by Crippen LogP contribution is 2.28. The van der Waals surface area contributed by atoms with Gasteiger partial charge in [0.05, 0.1) is 0 Å². The molecule has 0 bridgehead atoms. The highest BCUT2D eigenvalue weighted by atomic mass is 16.5. The Morgan fingerprint density at radius 1 is 1.18 bits per heavy atom. The van der Waals surface area contributed by atoms with Gasteiger partial charge in [-0.1, -0.05) is 30.3 Å². The second kappa shape index (κ2) is 7.29. The van der Waals surface area contributed by atoms with Gasteiger partial charge in [0.15, 0.2) is 6.10 Å². The van der Waals surface area contributed by atoms with Crippen LogP contribution in [0.25, 0.3) is 0 Å². The van der Waals surface area contributed by atoms with Crippen molar-refractivity contribution in [3.05, 3.63) is 35.9 Å². The maximum atomic E-state index is 12.8. The lowest BCUT2D eigenvalue weighted by molar-refractivity contribution is -0.159. The number of hydrogen-bond acceptors (Lipinski definition) is 6. The highest BCUT2D eigenvalue weighted by Gasteiger charge is 2.49. The molecular formula is C18H20N4O6. The fraction of sp³-hybridized carbons (Fsp3) is 0.389. The number of urea groups is 2. The summed E-state index contributed by atoms with van der Waals surface area (Å²) in [5.74, 6) is -2.20. The van der Waals surface area contributed by atoms with E-state index in [0.29, 0.717) is 12.1 Å². The van der Waals surface area contributed by atoms with Gasteiger partial charge in [0, 0.05) is 13.1 Å². The van der Waals surface area contributed by atoms with Crippen molar-refractivity contribution in [2.24, 2.45) is 0 Å². The predicted molar refractivity (Wildman–Crippen MR) is 94.7 cm³/mol. The Labute approximate surface area is 160 Å². The van der Waals surface area contributed by atoms with Gasteiger partial charge in [0.25, 0.3) is 11.8 Å². The average Bonchev–Trinajstić information content (AvgIpc) is 3.19. The zero-order valence-electron chi connectivity index (χ0n) is 15.4. The molecule has 2 fully saturated rings. The standard InChI is InChI=1S/C18H20N4O6/c1-11(14(24)21-9-8-19-16(21)26)28-13(23)10-22-15(25)18(2,20-17(22)27)12-6-4-3-5-7-12/h3-7,11H,8-10H2,1-2H3,(H,19,26)(H,20,27)/t11-,18-/m0/s1. The summed E-state index contributed by atoms with van der Waals surface area (Å²) in [6.07, 6.45) is -1.22. The molecule has 6 amide bonds. The summed E-state index contributed by atoms with van der Waals surface area (Å²) in [6, 6.07) is 7.36. The molecule has 10 nitrogen and oxygen atoms in total. The molecular weight excluding hydrogens is 368 g/mol. The first-order valence-corrected chi connectivity index (χ1v) is 8.72. The monoisotopic (exact) mass is 388 g/mol. The van der Waals surface area contributed by atoms with E-state index in [1.807, 2.05) is 0 Å². The van der Waals surface area contributed by atoms with Crippen LogP contribution in [0.3, 0.4) is 0 Å². The van der Waals surface area contributed by atoms with Gasteiger partial charge in [-0.2, -0.15) is 0 Å². The third-order valence-corrected chi connectivity index (χ3v) is 4.69. The number of hydrogen-bond donors (Lipinski definition) is 2. The summed E-state index contributed by atoms with van der Waals surface area (Å²) in [7, 11) is 0. The van der Waals surface area contributed by atoms with Gasteiger partial charge in [0.1, 0.15) is 12.1 Å². The summed E-state index contributed by atoms with van der Waals surface area (Å²) in [5, 5.41) is 5.05. The van der Waals surface area contributed by atoms with E-state index in [1.165, 1.54) is 6.92 Å². The number of carbonyl (C=O) groups excluding carboxylic acids is 5. The number of nitrogens with zero attached hydrogens (tertiary/aromatic N) is 2. The van der Waals surface area contributed by atoms with E-state index >= 15 is 0 Å². The molecule has 2 aliphatic heterocycles. The van der Waals surface area contributed by atoms with Crippen molar-refractivity contribution < 1.29 is 28.7 Å². The fourth-order valence-electron chi connectivity index (χ4n) is 3.12.